The van der Waals surface area contributed by atoms with Crippen molar-refractivity contribution in [2.75, 3.05) is 0 Å². The summed E-state index contributed by atoms with van der Waals surface area (Å²) < 4.78 is 0. The fraction of sp³-hybridized carbons (Fsp3) is 0.286. The maximum atomic E-state index is 12.4. The van der Waals surface area contributed by atoms with Gasteiger partial charge in [-0.2, -0.15) is 0 Å². The Morgan fingerprint density at radius 2 is 1.86 bits per heavy atom. The molecule has 0 radical (unpaired) electrons. The van der Waals surface area contributed by atoms with Crippen LogP contribution in [-0.2, 0) is 11.2 Å². The van der Waals surface area contributed by atoms with Crippen molar-refractivity contribution in [3.8, 4) is 11.1 Å². The molecule has 1 fully saturated rings. The van der Waals surface area contributed by atoms with Gasteiger partial charge in [0.1, 0.15) is 5.78 Å². The van der Waals surface area contributed by atoms with Crippen LogP contribution in [0.4, 0.5) is 0 Å². The number of Topliss-reactive ketones (excluding diaryl/α,β-unsaturated/α-hetero) is 1. The number of benzene rings is 2. The Bertz CT molecular complexity index is 670. The van der Waals surface area contributed by atoms with E-state index < -0.39 is 0 Å². The number of carbonyl (C=O) groups excluding carboxylic acids is 1. The molecule has 0 aromatic heterocycles. The predicted octanol–water partition coefficient (Wildman–Crippen LogP) is 5.31. The monoisotopic (exact) mass is 290 g/mol. The molecule has 2 aromatic carbocycles. The van der Waals surface area contributed by atoms with Crippen molar-refractivity contribution in [1.82, 2.24) is 0 Å². The maximum absolute atomic E-state index is 12.4. The van der Waals surface area contributed by atoms with Crippen molar-refractivity contribution in [2.24, 2.45) is 0 Å². The zero-order valence-corrected chi connectivity index (χ0v) is 12.9. The SMILES string of the molecule is C=CCc1c(-c2ccccc2)cccc1C1CCCCC1=O. The van der Waals surface area contributed by atoms with Gasteiger partial charge in [-0.05, 0) is 41.5 Å². The van der Waals surface area contributed by atoms with E-state index in [4.69, 9.17) is 0 Å². The minimum Gasteiger partial charge on any atom is -0.299 e. The molecule has 0 bridgehead atoms. The zero-order valence-electron chi connectivity index (χ0n) is 12.9. The smallest absolute Gasteiger partial charge is 0.140 e. The van der Waals surface area contributed by atoms with E-state index in [1.165, 1.54) is 22.3 Å². The van der Waals surface area contributed by atoms with Crippen LogP contribution in [-0.4, -0.2) is 5.78 Å². The summed E-state index contributed by atoms with van der Waals surface area (Å²) in [6.45, 7) is 3.91. The molecule has 0 spiro atoms. The maximum Gasteiger partial charge on any atom is 0.140 e. The first-order chi connectivity index (χ1) is 10.8. The van der Waals surface area contributed by atoms with Gasteiger partial charge < -0.3 is 0 Å². The van der Waals surface area contributed by atoms with Crippen LogP contribution in [0.1, 0.15) is 42.7 Å². The highest BCUT2D eigenvalue weighted by atomic mass is 16.1. The van der Waals surface area contributed by atoms with E-state index in [1.807, 2.05) is 12.1 Å². The van der Waals surface area contributed by atoms with Crippen molar-refractivity contribution in [1.29, 1.82) is 0 Å². The Balaban J connectivity index is 2.10. The second-order valence-electron chi connectivity index (χ2n) is 6.00. The van der Waals surface area contributed by atoms with Crippen LogP contribution in [0.2, 0.25) is 0 Å². The van der Waals surface area contributed by atoms with E-state index in [2.05, 4.69) is 49.0 Å². The minimum absolute atomic E-state index is 0.0763. The lowest BCUT2D eigenvalue weighted by molar-refractivity contribution is -0.121. The van der Waals surface area contributed by atoms with Crippen molar-refractivity contribution >= 4 is 5.78 Å². The molecule has 0 heterocycles. The first-order valence-corrected chi connectivity index (χ1v) is 8.12. The van der Waals surface area contributed by atoms with Crippen LogP contribution in [0.5, 0.6) is 0 Å². The molecule has 0 amide bonds. The third-order valence-electron chi connectivity index (χ3n) is 4.58. The van der Waals surface area contributed by atoms with E-state index in [0.29, 0.717) is 5.78 Å². The Labute approximate surface area is 132 Å². The van der Waals surface area contributed by atoms with Crippen LogP contribution in [0, 0.1) is 0 Å². The molecule has 0 N–H and O–H groups in total. The van der Waals surface area contributed by atoms with Crippen LogP contribution in [0.3, 0.4) is 0 Å². The van der Waals surface area contributed by atoms with Crippen LogP contribution in [0.15, 0.2) is 61.2 Å². The summed E-state index contributed by atoms with van der Waals surface area (Å²) in [6.07, 6.45) is 6.67. The largest absolute Gasteiger partial charge is 0.299 e. The average Bonchev–Trinajstić information content (AvgIpc) is 2.57. The summed E-state index contributed by atoms with van der Waals surface area (Å²) in [5, 5.41) is 0. The van der Waals surface area contributed by atoms with E-state index in [0.717, 1.165) is 32.1 Å². The predicted molar refractivity (Wildman–Crippen MR) is 92.0 cm³/mol. The Hall–Kier alpha value is -2.15. The molecule has 2 aromatic rings. The molecule has 0 saturated heterocycles. The van der Waals surface area contributed by atoms with Gasteiger partial charge in [0.2, 0.25) is 0 Å². The highest BCUT2D eigenvalue weighted by molar-refractivity contribution is 5.87. The first-order valence-electron chi connectivity index (χ1n) is 8.12. The number of hydrogen-bond acceptors (Lipinski definition) is 1. The van der Waals surface area contributed by atoms with Crippen molar-refractivity contribution in [3.05, 3.63) is 72.3 Å². The quantitative estimate of drug-likeness (QED) is 0.697. The van der Waals surface area contributed by atoms with Crippen molar-refractivity contribution in [2.45, 2.75) is 38.0 Å². The Morgan fingerprint density at radius 3 is 2.59 bits per heavy atom. The number of ketones is 1. The topological polar surface area (TPSA) is 17.1 Å². The third kappa shape index (κ3) is 2.89. The van der Waals surface area contributed by atoms with Crippen LogP contribution < -0.4 is 0 Å². The van der Waals surface area contributed by atoms with Crippen LogP contribution >= 0.6 is 0 Å². The summed E-state index contributed by atoms with van der Waals surface area (Å²) in [7, 11) is 0. The summed E-state index contributed by atoms with van der Waals surface area (Å²) >= 11 is 0. The van der Waals surface area contributed by atoms with Gasteiger partial charge in [0.25, 0.3) is 0 Å². The number of allylic oxidation sites excluding steroid dienone is 1. The van der Waals surface area contributed by atoms with Gasteiger partial charge >= 0.3 is 0 Å². The van der Waals surface area contributed by atoms with E-state index >= 15 is 0 Å². The van der Waals surface area contributed by atoms with Crippen LogP contribution in [0.25, 0.3) is 11.1 Å². The zero-order chi connectivity index (χ0) is 15.4. The molecule has 1 aliphatic carbocycles. The van der Waals surface area contributed by atoms with Gasteiger partial charge in [-0.25, -0.2) is 0 Å². The summed E-state index contributed by atoms with van der Waals surface area (Å²) in [5.41, 5.74) is 4.93. The molecule has 3 rings (SSSR count). The molecule has 1 unspecified atom stereocenters. The standard InChI is InChI=1S/C21H22O/c1-2-9-18-17(16-10-4-3-5-11-16)13-8-14-19(18)20-12-6-7-15-21(20)22/h2-5,8,10-11,13-14,20H,1,6-7,9,12,15H2. The molecule has 1 aliphatic rings. The molecule has 1 heteroatoms. The molecule has 1 atom stereocenters. The average molecular weight is 290 g/mol. The summed E-state index contributed by atoms with van der Waals surface area (Å²) in [6, 6.07) is 16.8. The Kier molecular flexibility index (Phi) is 4.53. The lowest BCUT2D eigenvalue weighted by Gasteiger charge is -2.24. The second-order valence-corrected chi connectivity index (χ2v) is 6.00. The fourth-order valence-corrected chi connectivity index (χ4v) is 3.50. The fourth-order valence-electron chi connectivity index (χ4n) is 3.50. The molecule has 0 aliphatic heterocycles. The molecule has 1 nitrogen and oxygen atoms in total. The highest BCUT2D eigenvalue weighted by Crippen LogP contribution is 2.36. The summed E-state index contributed by atoms with van der Waals surface area (Å²) in [4.78, 5) is 12.4. The van der Waals surface area contributed by atoms with Crippen molar-refractivity contribution < 1.29 is 4.79 Å². The third-order valence-corrected chi connectivity index (χ3v) is 4.58. The molecular formula is C21H22O. The van der Waals surface area contributed by atoms with Gasteiger partial charge in [-0.3, -0.25) is 4.79 Å². The molecule has 112 valence electrons. The Morgan fingerprint density at radius 1 is 1.05 bits per heavy atom. The number of rotatable bonds is 4. The minimum atomic E-state index is 0.0763. The second kappa shape index (κ2) is 6.74. The van der Waals surface area contributed by atoms with E-state index in [1.54, 1.807) is 0 Å². The van der Waals surface area contributed by atoms with Crippen molar-refractivity contribution in [3.63, 3.8) is 0 Å². The lowest BCUT2D eigenvalue weighted by Crippen LogP contribution is -2.18. The first kappa shape index (κ1) is 14.8. The number of carbonyl (C=O) groups is 1. The lowest BCUT2D eigenvalue weighted by atomic mass is 9.79. The number of hydrogen-bond donors (Lipinski definition) is 0. The molecule has 1 saturated carbocycles. The molecule has 22 heavy (non-hydrogen) atoms. The highest BCUT2D eigenvalue weighted by Gasteiger charge is 2.26. The van der Waals surface area contributed by atoms with E-state index in [9.17, 15) is 4.79 Å². The van der Waals surface area contributed by atoms with Gasteiger partial charge in [0.15, 0.2) is 0 Å². The van der Waals surface area contributed by atoms with Gasteiger partial charge in [0, 0.05) is 12.3 Å². The normalized spacial score (nSPS) is 18.2. The molecular weight excluding hydrogens is 268 g/mol. The van der Waals surface area contributed by atoms with Gasteiger partial charge in [-0.1, -0.05) is 61.0 Å². The van der Waals surface area contributed by atoms with E-state index in [-0.39, 0.29) is 5.92 Å². The van der Waals surface area contributed by atoms with Gasteiger partial charge in [0.05, 0.1) is 0 Å². The van der Waals surface area contributed by atoms with Gasteiger partial charge in [-0.15, -0.1) is 6.58 Å². The summed E-state index contributed by atoms with van der Waals surface area (Å²) in [5.74, 6) is 0.481.